The maximum absolute atomic E-state index is 13.2. The molecule has 4 nitrogen and oxygen atoms in total. The van der Waals surface area contributed by atoms with Gasteiger partial charge in [-0.2, -0.15) is 11.8 Å². The molecule has 2 aromatic rings. The summed E-state index contributed by atoms with van der Waals surface area (Å²) in [6, 6.07) is 3.86. The lowest BCUT2D eigenvalue weighted by Crippen LogP contribution is -2.40. The molecule has 1 amide bonds. The number of furan rings is 1. The molecule has 3 N–H and O–H groups in total. The topological polar surface area (TPSA) is 68.3 Å². The van der Waals surface area contributed by atoms with Crippen molar-refractivity contribution in [3.63, 3.8) is 0 Å². The van der Waals surface area contributed by atoms with Crippen molar-refractivity contribution in [1.82, 2.24) is 5.32 Å². The van der Waals surface area contributed by atoms with Gasteiger partial charge < -0.3 is 15.5 Å². The van der Waals surface area contributed by atoms with Gasteiger partial charge in [0, 0.05) is 10.9 Å². The summed E-state index contributed by atoms with van der Waals surface area (Å²) in [5, 5.41) is 3.49. The van der Waals surface area contributed by atoms with E-state index >= 15 is 0 Å². The molecule has 1 atom stereocenters. The fourth-order valence-electron chi connectivity index (χ4n) is 2.09. The molecular formula is C15H19FN2O2S. The van der Waals surface area contributed by atoms with Gasteiger partial charge in [-0.3, -0.25) is 4.79 Å². The zero-order valence-electron chi connectivity index (χ0n) is 12.1. The molecule has 1 aromatic heterocycles. The van der Waals surface area contributed by atoms with Crippen molar-refractivity contribution in [3.8, 4) is 0 Å². The van der Waals surface area contributed by atoms with Gasteiger partial charge in [-0.05, 0) is 43.6 Å². The van der Waals surface area contributed by atoms with Crippen LogP contribution in [0.1, 0.15) is 17.7 Å². The van der Waals surface area contributed by atoms with E-state index in [4.69, 9.17) is 10.2 Å². The molecule has 0 aliphatic rings. The van der Waals surface area contributed by atoms with Crippen LogP contribution in [0.5, 0.6) is 0 Å². The predicted octanol–water partition coefficient (Wildman–Crippen LogP) is 2.58. The van der Waals surface area contributed by atoms with Crippen LogP contribution in [0.2, 0.25) is 0 Å². The van der Waals surface area contributed by atoms with Gasteiger partial charge in [0.15, 0.2) is 0 Å². The molecule has 0 fully saturated rings. The van der Waals surface area contributed by atoms with Crippen LogP contribution in [-0.4, -0.2) is 24.0 Å². The summed E-state index contributed by atoms with van der Waals surface area (Å²) in [5.74, 6) is 0.967. The van der Waals surface area contributed by atoms with E-state index in [-0.39, 0.29) is 18.3 Å². The van der Waals surface area contributed by atoms with E-state index in [1.165, 1.54) is 12.1 Å². The fourth-order valence-corrected chi connectivity index (χ4v) is 2.58. The summed E-state index contributed by atoms with van der Waals surface area (Å²) in [6.07, 6.45) is 2.61. The van der Waals surface area contributed by atoms with Crippen molar-refractivity contribution in [2.24, 2.45) is 5.73 Å². The average Bonchev–Trinajstić information content (AvgIpc) is 2.78. The van der Waals surface area contributed by atoms with Crippen LogP contribution >= 0.6 is 11.8 Å². The average molecular weight is 310 g/mol. The molecule has 114 valence electrons. The number of fused-ring (bicyclic) bond motifs is 1. The summed E-state index contributed by atoms with van der Waals surface area (Å²) in [4.78, 5) is 11.9. The third-order valence-corrected chi connectivity index (χ3v) is 4.03. The van der Waals surface area contributed by atoms with Gasteiger partial charge in [0.25, 0.3) is 0 Å². The van der Waals surface area contributed by atoms with Gasteiger partial charge in [-0.1, -0.05) is 0 Å². The van der Waals surface area contributed by atoms with Crippen molar-refractivity contribution in [3.05, 3.63) is 35.3 Å². The lowest BCUT2D eigenvalue weighted by molar-refractivity contribution is -0.122. The minimum atomic E-state index is -0.514. The number of benzene rings is 1. The Morgan fingerprint density at radius 1 is 1.52 bits per heavy atom. The summed E-state index contributed by atoms with van der Waals surface area (Å²) in [5.41, 5.74) is 7.25. The van der Waals surface area contributed by atoms with Crippen molar-refractivity contribution in [2.45, 2.75) is 25.9 Å². The number of nitrogens with one attached hydrogen (secondary N) is 1. The second-order valence-corrected chi connectivity index (χ2v) is 5.88. The largest absolute Gasteiger partial charge is 0.459 e. The van der Waals surface area contributed by atoms with E-state index in [2.05, 4.69) is 5.32 Å². The Hall–Kier alpha value is -1.53. The van der Waals surface area contributed by atoms with Crippen molar-refractivity contribution >= 4 is 28.6 Å². The maximum Gasteiger partial charge on any atom is 0.237 e. The molecule has 6 heteroatoms. The number of nitrogens with two attached hydrogens (primary N) is 1. The summed E-state index contributed by atoms with van der Waals surface area (Å²) in [6.45, 7) is 2.11. The summed E-state index contributed by atoms with van der Waals surface area (Å²) < 4.78 is 18.9. The summed E-state index contributed by atoms with van der Waals surface area (Å²) in [7, 11) is 0. The molecule has 0 aliphatic heterocycles. The van der Waals surface area contributed by atoms with Crippen LogP contribution in [0.25, 0.3) is 11.0 Å². The number of hydrogen-bond acceptors (Lipinski definition) is 4. The maximum atomic E-state index is 13.2. The zero-order chi connectivity index (χ0) is 15.4. The third-order valence-electron chi connectivity index (χ3n) is 3.39. The number of aryl methyl sites for hydroxylation is 1. The lowest BCUT2D eigenvalue weighted by Gasteiger charge is -2.10. The highest BCUT2D eigenvalue weighted by Crippen LogP contribution is 2.25. The van der Waals surface area contributed by atoms with Crippen LogP contribution in [0.4, 0.5) is 4.39 Å². The van der Waals surface area contributed by atoms with Gasteiger partial charge in [-0.25, -0.2) is 4.39 Å². The van der Waals surface area contributed by atoms with E-state index in [1.54, 1.807) is 17.8 Å². The van der Waals surface area contributed by atoms with Gasteiger partial charge in [-0.15, -0.1) is 0 Å². The molecule has 0 unspecified atom stereocenters. The quantitative estimate of drug-likeness (QED) is 0.860. The highest BCUT2D eigenvalue weighted by Gasteiger charge is 2.15. The van der Waals surface area contributed by atoms with E-state index in [1.807, 2.05) is 13.2 Å². The first kappa shape index (κ1) is 15.9. The number of rotatable bonds is 6. The standard InChI is InChI=1S/C15H19FN2O2S/c1-9-11-7-10(16)3-4-13(11)20-14(9)8-18-15(19)12(17)5-6-21-2/h3-4,7,12H,5-6,8,17H2,1-2H3,(H,18,19)/t12-/m0/s1. The summed E-state index contributed by atoms with van der Waals surface area (Å²) >= 11 is 1.65. The molecule has 1 heterocycles. The predicted molar refractivity (Wildman–Crippen MR) is 83.7 cm³/mol. The first-order valence-corrected chi connectivity index (χ1v) is 8.12. The Balaban J connectivity index is 2.03. The van der Waals surface area contributed by atoms with Gasteiger partial charge in [0.2, 0.25) is 5.91 Å². The van der Waals surface area contributed by atoms with Crippen LogP contribution < -0.4 is 11.1 Å². The number of halogens is 1. The van der Waals surface area contributed by atoms with E-state index in [9.17, 15) is 9.18 Å². The third kappa shape index (κ3) is 3.77. The normalized spacial score (nSPS) is 12.6. The zero-order valence-corrected chi connectivity index (χ0v) is 12.9. The Labute approximate surface area is 127 Å². The minimum absolute atomic E-state index is 0.199. The number of thioether (sulfide) groups is 1. The SMILES string of the molecule is CSCC[C@H](N)C(=O)NCc1oc2ccc(F)cc2c1C. The van der Waals surface area contributed by atoms with Gasteiger partial charge in [0.05, 0.1) is 12.6 Å². The van der Waals surface area contributed by atoms with Crippen molar-refractivity contribution in [2.75, 3.05) is 12.0 Å². The number of carbonyl (C=O) groups excluding carboxylic acids is 1. The van der Waals surface area contributed by atoms with Crippen molar-refractivity contribution < 1.29 is 13.6 Å². The molecular weight excluding hydrogens is 291 g/mol. The molecule has 1 aromatic carbocycles. The monoisotopic (exact) mass is 310 g/mol. The Bertz CT molecular complexity index is 642. The molecule has 0 radical (unpaired) electrons. The molecule has 0 spiro atoms. The molecule has 21 heavy (non-hydrogen) atoms. The minimum Gasteiger partial charge on any atom is -0.459 e. The Morgan fingerprint density at radius 2 is 2.29 bits per heavy atom. The molecule has 0 aliphatic carbocycles. The van der Waals surface area contributed by atoms with Crippen LogP contribution in [0, 0.1) is 12.7 Å². The van der Waals surface area contributed by atoms with Crippen molar-refractivity contribution in [1.29, 1.82) is 0 Å². The fraction of sp³-hybridized carbons (Fsp3) is 0.400. The smallest absolute Gasteiger partial charge is 0.237 e. The number of amides is 1. The lowest BCUT2D eigenvalue weighted by atomic mass is 10.1. The molecule has 0 saturated heterocycles. The van der Waals surface area contributed by atoms with Crippen LogP contribution in [0.3, 0.4) is 0 Å². The number of hydrogen-bond donors (Lipinski definition) is 2. The highest BCUT2D eigenvalue weighted by atomic mass is 32.2. The van der Waals surface area contributed by atoms with E-state index in [0.29, 0.717) is 17.8 Å². The van der Waals surface area contributed by atoms with Crippen LogP contribution in [-0.2, 0) is 11.3 Å². The Morgan fingerprint density at radius 3 is 3.00 bits per heavy atom. The first-order chi connectivity index (χ1) is 10.0. The molecule has 0 saturated carbocycles. The Kier molecular flexibility index (Phi) is 5.25. The second kappa shape index (κ2) is 6.95. The molecule has 0 bridgehead atoms. The molecule has 2 rings (SSSR count). The van der Waals surface area contributed by atoms with Gasteiger partial charge >= 0.3 is 0 Å². The highest BCUT2D eigenvalue weighted by molar-refractivity contribution is 7.98. The number of carbonyl (C=O) groups is 1. The second-order valence-electron chi connectivity index (χ2n) is 4.90. The van der Waals surface area contributed by atoms with Crippen LogP contribution in [0.15, 0.2) is 22.6 Å². The first-order valence-electron chi connectivity index (χ1n) is 6.72. The van der Waals surface area contributed by atoms with E-state index < -0.39 is 6.04 Å². The van der Waals surface area contributed by atoms with Gasteiger partial charge in [0.1, 0.15) is 17.2 Å². The van der Waals surface area contributed by atoms with E-state index in [0.717, 1.165) is 16.7 Å².